The van der Waals surface area contributed by atoms with Crippen LogP contribution in [0, 0.1) is 0 Å². The van der Waals surface area contributed by atoms with Crippen molar-refractivity contribution in [3.05, 3.63) is 58.0 Å². The van der Waals surface area contributed by atoms with Crippen LogP contribution in [0.3, 0.4) is 0 Å². The maximum atomic E-state index is 12.9. The minimum Gasteiger partial charge on any atom is -0.346 e. The van der Waals surface area contributed by atoms with Crippen LogP contribution in [0.2, 0.25) is 0 Å². The van der Waals surface area contributed by atoms with Crippen molar-refractivity contribution in [1.29, 1.82) is 0 Å². The van der Waals surface area contributed by atoms with Gasteiger partial charge in [-0.3, -0.25) is 9.59 Å². The van der Waals surface area contributed by atoms with Crippen LogP contribution in [0.25, 0.3) is 5.69 Å². The zero-order valence-electron chi connectivity index (χ0n) is 14.0. The molecule has 1 aliphatic carbocycles. The van der Waals surface area contributed by atoms with Crippen LogP contribution in [0.1, 0.15) is 26.8 Å². The Bertz CT molecular complexity index is 973. The van der Waals surface area contributed by atoms with Gasteiger partial charge in [0.2, 0.25) is 5.91 Å². The van der Waals surface area contributed by atoms with Gasteiger partial charge in [-0.05, 0) is 39.4 Å². The molecule has 2 aromatic heterocycles. The predicted octanol–water partition coefficient (Wildman–Crippen LogP) is 1.47. The summed E-state index contributed by atoms with van der Waals surface area (Å²) >= 11 is 6.96. The maximum Gasteiger partial charge on any atom is 0.263 e. The fraction of sp³-hybridized carbons (Fsp3) is 0.235. The molecule has 0 radical (unpaired) electrons. The van der Waals surface area contributed by atoms with Gasteiger partial charge in [-0.15, -0.1) is 28.0 Å². The van der Waals surface area contributed by atoms with Gasteiger partial charge in [0, 0.05) is 0 Å². The minimum absolute atomic E-state index is 0.131. The zero-order chi connectivity index (χ0) is 18.8. The van der Waals surface area contributed by atoms with Crippen LogP contribution in [-0.4, -0.2) is 43.9 Å². The highest BCUT2D eigenvalue weighted by Crippen LogP contribution is 2.32. The summed E-state index contributed by atoms with van der Waals surface area (Å²) in [4.78, 5) is 25.3. The number of nitrogens with zero attached hydrogens (tertiary/aromatic N) is 4. The average molecular weight is 403 g/mol. The summed E-state index contributed by atoms with van der Waals surface area (Å²) in [6.07, 6.45) is 2.06. The molecular weight excluding hydrogens is 388 g/mol. The van der Waals surface area contributed by atoms with Crippen molar-refractivity contribution in [2.45, 2.75) is 18.5 Å². The van der Waals surface area contributed by atoms with Gasteiger partial charge in [-0.25, -0.2) is 0 Å². The van der Waals surface area contributed by atoms with Crippen LogP contribution < -0.4 is 10.6 Å². The number of hydrogen-bond acceptors (Lipinski definition) is 6. The number of carbonyl (C=O) groups excluding carboxylic acids is 2. The van der Waals surface area contributed by atoms with Crippen molar-refractivity contribution in [2.24, 2.45) is 0 Å². The van der Waals surface area contributed by atoms with E-state index in [0.29, 0.717) is 17.0 Å². The van der Waals surface area contributed by atoms with Gasteiger partial charge in [-0.2, -0.15) is 4.68 Å². The molecule has 2 heterocycles. The fourth-order valence-corrected chi connectivity index (χ4v) is 4.14. The lowest BCUT2D eigenvalue weighted by molar-refractivity contribution is -0.119. The highest BCUT2D eigenvalue weighted by molar-refractivity contribution is 7.12. The second-order valence-electron chi connectivity index (χ2n) is 6.05. The van der Waals surface area contributed by atoms with Crippen molar-refractivity contribution < 1.29 is 9.59 Å². The van der Waals surface area contributed by atoms with Gasteiger partial charge in [-0.1, -0.05) is 24.3 Å². The van der Waals surface area contributed by atoms with Crippen molar-refractivity contribution in [1.82, 2.24) is 30.8 Å². The van der Waals surface area contributed by atoms with Crippen LogP contribution in [0.15, 0.2) is 42.0 Å². The molecule has 0 saturated heterocycles. The molecule has 8 nitrogen and oxygen atoms in total. The molecule has 138 valence electrons. The first kappa shape index (κ1) is 17.6. The Morgan fingerprint density at radius 1 is 1.26 bits per heavy atom. The molecule has 0 bridgehead atoms. The molecule has 0 saturated carbocycles. The molecule has 4 rings (SSSR count). The molecule has 0 fully saturated rings. The number of rotatable bonds is 5. The Morgan fingerprint density at radius 2 is 2.11 bits per heavy atom. The van der Waals surface area contributed by atoms with E-state index in [1.807, 2.05) is 29.6 Å². The summed E-state index contributed by atoms with van der Waals surface area (Å²) in [6, 6.07) is 9.00. The third-order valence-electron chi connectivity index (χ3n) is 4.43. The number of nitrogens with one attached hydrogen (secondary N) is 2. The highest BCUT2D eigenvalue weighted by atomic mass is 35.5. The summed E-state index contributed by atoms with van der Waals surface area (Å²) in [5, 5.41) is 18.8. The lowest BCUT2D eigenvalue weighted by Crippen LogP contribution is -2.44. The molecule has 3 aromatic rings. The molecule has 27 heavy (non-hydrogen) atoms. The van der Waals surface area contributed by atoms with E-state index in [1.165, 1.54) is 22.3 Å². The molecular formula is C17H15ClN6O2S. The van der Waals surface area contributed by atoms with Crippen LogP contribution >= 0.6 is 22.9 Å². The first-order valence-electron chi connectivity index (χ1n) is 8.22. The molecule has 2 atom stereocenters. The highest BCUT2D eigenvalue weighted by Gasteiger charge is 2.35. The number of alkyl halides is 1. The van der Waals surface area contributed by atoms with Crippen LogP contribution in [-0.2, 0) is 11.2 Å². The van der Waals surface area contributed by atoms with E-state index in [1.54, 1.807) is 6.07 Å². The van der Waals surface area contributed by atoms with Crippen molar-refractivity contribution >= 4 is 34.8 Å². The predicted molar refractivity (Wildman–Crippen MR) is 100 cm³/mol. The van der Waals surface area contributed by atoms with Crippen molar-refractivity contribution in [2.75, 3.05) is 5.88 Å². The third kappa shape index (κ3) is 3.43. The Morgan fingerprint density at radius 3 is 2.89 bits per heavy atom. The molecule has 0 aliphatic heterocycles. The molecule has 2 N–H and O–H groups in total. The first-order valence-corrected chi connectivity index (χ1v) is 9.63. The van der Waals surface area contributed by atoms with Crippen molar-refractivity contribution in [3.63, 3.8) is 0 Å². The first-order chi connectivity index (χ1) is 13.2. The second-order valence-corrected chi connectivity index (χ2v) is 7.23. The number of benzene rings is 1. The maximum absolute atomic E-state index is 12.9. The molecule has 1 aromatic carbocycles. The molecule has 0 unspecified atom stereocenters. The van der Waals surface area contributed by atoms with Crippen LogP contribution in [0.5, 0.6) is 0 Å². The average Bonchev–Trinajstić information content (AvgIpc) is 3.41. The number of hydrogen-bond donors (Lipinski definition) is 2. The molecule has 10 heteroatoms. The summed E-state index contributed by atoms with van der Waals surface area (Å²) in [7, 11) is 0. The van der Waals surface area contributed by atoms with Crippen LogP contribution in [0.4, 0.5) is 0 Å². The summed E-state index contributed by atoms with van der Waals surface area (Å²) < 4.78 is 1.45. The Balaban J connectivity index is 1.58. The Kier molecular flexibility index (Phi) is 4.87. The monoisotopic (exact) mass is 402 g/mol. The summed E-state index contributed by atoms with van der Waals surface area (Å²) in [5.74, 6) is -0.644. The smallest absolute Gasteiger partial charge is 0.263 e. The normalized spacial score (nSPS) is 18.1. The molecule has 0 spiro atoms. The summed E-state index contributed by atoms with van der Waals surface area (Å²) in [5.41, 5.74) is 2.70. The van der Waals surface area contributed by atoms with E-state index in [4.69, 9.17) is 11.6 Å². The molecule has 1 aliphatic rings. The van der Waals surface area contributed by atoms with E-state index in [9.17, 15) is 9.59 Å². The Hall–Kier alpha value is -2.78. The number of amides is 2. The van der Waals surface area contributed by atoms with E-state index < -0.39 is 0 Å². The summed E-state index contributed by atoms with van der Waals surface area (Å²) in [6.45, 7) is 0. The van der Waals surface area contributed by atoms with Crippen molar-refractivity contribution in [3.8, 4) is 5.69 Å². The fourth-order valence-electron chi connectivity index (χ4n) is 3.28. The zero-order valence-corrected chi connectivity index (χ0v) is 15.6. The lowest BCUT2D eigenvalue weighted by Gasteiger charge is -2.22. The standard InChI is InChI=1S/C17H15ClN6O2S/c18-8-14(25)21-15-11-4-2-1-3-10(11)7-12(15)20-17(26)16-13(5-6-27-16)24-9-19-22-23-24/h1-6,9,12,15H,7-8H2,(H,20,26)(H,21,25)/t12-,15-/m1/s1. The SMILES string of the molecule is O=C(CCl)N[C@@H]1c2ccccc2C[C@H]1NC(=O)c1sccc1-n1cnnn1. The molecule has 2 amide bonds. The van der Waals surface area contributed by atoms with E-state index >= 15 is 0 Å². The number of carbonyl (C=O) groups is 2. The number of halogens is 1. The van der Waals surface area contributed by atoms with E-state index in [-0.39, 0.29) is 29.8 Å². The number of thiophene rings is 1. The van der Waals surface area contributed by atoms with E-state index in [2.05, 4.69) is 26.2 Å². The minimum atomic E-state index is -0.326. The quantitative estimate of drug-likeness (QED) is 0.629. The van der Waals surface area contributed by atoms with Gasteiger partial charge in [0.15, 0.2) is 0 Å². The number of fused-ring (bicyclic) bond motifs is 1. The van der Waals surface area contributed by atoms with Gasteiger partial charge >= 0.3 is 0 Å². The lowest BCUT2D eigenvalue weighted by atomic mass is 10.1. The number of aromatic nitrogens is 4. The van der Waals surface area contributed by atoms with Gasteiger partial charge in [0.05, 0.1) is 17.8 Å². The van der Waals surface area contributed by atoms with Gasteiger partial charge < -0.3 is 10.6 Å². The van der Waals surface area contributed by atoms with E-state index in [0.717, 1.165) is 11.1 Å². The Labute approximate surface area is 163 Å². The number of tetrazole rings is 1. The third-order valence-corrected chi connectivity index (χ3v) is 5.58. The second kappa shape index (κ2) is 7.45. The van der Waals surface area contributed by atoms with Gasteiger partial charge in [0.1, 0.15) is 17.1 Å². The largest absolute Gasteiger partial charge is 0.346 e. The van der Waals surface area contributed by atoms with Gasteiger partial charge in [0.25, 0.3) is 5.91 Å². The topological polar surface area (TPSA) is 102 Å².